The van der Waals surface area contributed by atoms with E-state index in [0.29, 0.717) is 34.0 Å². The molecule has 1 N–H and O–H groups in total. The summed E-state index contributed by atoms with van der Waals surface area (Å²) in [6, 6.07) is 0. The van der Waals surface area contributed by atoms with E-state index in [1.165, 1.54) is 83.5 Å². The zero-order valence-corrected chi connectivity index (χ0v) is 30.2. The lowest BCUT2D eigenvalue weighted by atomic mass is 9.70. The molecule has 0 saturated carbocycles. The fraction of sp³-hybridized carbons (Fsp3) is 0.974. The highest BCUT2D eigenvalue weighted by Crippen LogP contribution is 2.41. The highest BCUT2D eigenvalue weighted by atomic mass is 16.1. The average molecular weight is 564 g/mol. The number of amides is 1. The second kappa shape index (κ2) is 18.2. The molecule has 0 aliphatic carbocycles. The van der Waals surface area contributed by atoms with Gasteiger partial charge in [-0.15, -0.1) is 0 Å². The molecule has 0 aromatic rings. The van der Waals surface area contributed by atoms with Crippen molar-refractivity contribution >= 4 is 5.91 Å². The number of hydrogen-bond donors (Lipinski definition) is 1. The molecule has 0 heterocycles. The highest BCUT2D eigenvalue weighted by molar-refractivity contribution is 5.75. The van der Waals surface area contributed by atoms with Gasteiger partial charge in [0.2, 0.25) is 5.91 Å². The molecular formula is C38H77NO. The van der Waals surface area contributed by atoms with Crippen molar-refractivity contribution in [1.29, 1.82) is 0 Å². The van der Waals surface area contributed by atoms with Gasteiger partial charge in [-0.3, -0.25) is 4.79 Å². The van der Waals surface area contributed by atoms with E-state index >= 15 is 0 Å². The van der Waals surface area contributed by atoms with Crippen molar-refractivity contribution < 1.29 is 4.79 Å². The summed E-state index contributed by atoms with van der Waals surface area (Å²) in [5.41, 5.74) is 1.80. The first-order valence-corrected chi connectivity index (χ1v) is 17.5. The van der Waals surface area contributed by atoms with Crippen molar-refractivity contribution in [2.75, 3.05) is 6.54 Å². The largest absolute Gasteiger partial charge is 0.356 e. The Morgan fingerprint density at radius 1 is 0.550 bits per heavy atom. The van der Waals surface area contributed by atoms with Crippen LogP contribution in [0.25, 0.3) is 0 Å². The molecule has 40 heavy (non-hydrogen) atoms. The zero-order chi connectivity index (χ0) is 31.1. The second-order valence-electron chi connectivity index (χ2n) is 18.1. The Morgan fingerprint density at radius 3 is 1.32 bits per heavy atom. The lowest BCUT2D eigenvalue weighted by Crippen LogP contribution is -2.34. The maximum absolute atomic E-state index is 12.4. The molecule has 2 heteroatoms. The minimum Gasteiger partial charge on any atom is -0.356 e. The van der Waals surface area contributed by atoms with Crippen molar-refractivity contribution in [3.63, 3.8) is 0 Å². The van der Waals surface area contributed by atoms with E-state index in [9.17, 15) is 4.79 Å². The normalized spacial score (nSPS) is 13.8. The number of hydrogen-bond acceptors (Lipinski definition) is 1. The van der Waals surface area contributed by atoms with Gasteiger partial charge in [0.25, 0.3) is 0 Å². The molecule has 1 amide bonds. The average Bonchev–Trinajstić information content (AvgIpc) is 2.75. The molecule has 0 saturated heterocycles. The third-order valence-electron chi connectivity index (χ3n) is 9.06. The summed E-state index contributed by atoms with van der Waals surface area (Å²) in [7, 11) is 0. The molecular weight excluding hydrogens is 486 g/mol. The van der Waals surface area contributed by atoms with Crippen molar-refractivity contribution in [3.8, 4) is 0 Å². The standard InChI is InChI=1S/C38H77NO/c1-14-15-24-34(4,5)29-35(6,7)25-20-18-16-17-19-21-26-36(8,9)30-37(10,11)27-22-23-33(40)39-31-38(12,13)28-32(2)3/h32H,14-31H2,1-13H3,(H,39,40). The molecule has 2 nitrogen and oxygen atoms in total. The molecule has 0 atom stereocenters. The minimum absolute atomic E-state index is 0.176. The molecule has 0 bridgehead atoms. The maximum Gasteiger partial charge on any atom is 0.220 e. The molecule has 0 radical (unpaired) electrons. The van der Waals surface area contributed by atoms with Gasteiger partial charge in [0, 0.05) is 13.0 Å². The topological polar surface area (TPSA) is 29.1 Å². The smallest absolute Gasteiger partial charge is 0.220 e. The third kappa shape index (κ3) is 22.1. The number of carbonyl (C=O) groups is 1. The summed E-state index contributed by atoms with van der Waals surface area (Å²) in [6.07, 6.45) is 21.6. The lowest BCUT2D eigenvalue weighted by Gasteiger charge is -2.35. The summed E-state index contributed by atoms with van der Waals surface area (Å²) < 4.78 is 0. The Hall–Kier alpha value is -0.530. The van der Waals surface area contributed by atoms with Gasteiger partial charge in [-0.1, -0.05) is 141 Å². The lowest BCUT2D eigenvalue weighted by molar-refractivity contribution is -0.121. The van der Waals surface area contributed by atoms with Crippen LogP contribution < -0.4 is 5.32 Å². The molecule has 0 spiro atoms. The van der Waals surface area contributed by atoms with Gasteiger partial charge in [0.1, 0.15) is 0 Å². The van der Waals surface area contributed by atoms with Gasteiger partial charge in [0.15, 0.2) is 0 Å². The molecule has 0 aliphatic heterocycles. The molecule has 0 fully saturated rings. The SMILES string of the molecule is CCCCC(C)(C)CC(C)(C)CCCCCCCCC(C)(C)CC(C)(C)CCCC(=O)NCC(C)(C)CC(C)C. The van der Waals surface area contributed by atoms with Crippen LogP contribution in [0.4, 0.5) is 0 Å². The van der Waals surface area contributed by atoms with E-state index < -0.39 is 0 Å². The first-order chi connectivity index (χ1) is 18.2. The number of rotatable bonds is 24. The first-order valence-electron chi connectivity index (χ1n) is 17.5. The monoisotopic (exact) mass is 564 g/mol. The fourth-order valence-corrected chi connectivity index (χ4v) is 7.85. The third-order valence-corrected chi connectivity index (χ3v) is 9.06. The van der Waals surface area contributed by atoms with Gasteiger partial charge < -0.3 is 5.32 Å². The first kappa shape index (κ1) is 39.5. The Bertz CT molecular complexity index is 667. The van der Waals surface area contributed by atoms with E-state index in [2.05, 4.69) is 95.3 Å². The zero-order valence-electron chi connectivity index (χ0n) is 30.2. The van der Waals surface area contributed by atoms with Gasteiger partial charge in [-0.2, -0.15) is 0 Å². The van der Waals surface area contributed by atoms with Crippen LogP contribution in [0.3, 0.4) is 0 Å². The second-order valence-corrected chi connectivity index (χ2v) is 18.1. The van der Waals surface area contributed by atoms with Gasteiger partial charge >= 0.3 is 0 Å². The number of carbonyl (C=O) groups excluding carboxylic acids is 1. The quantitative estimate of drug-likeness (QED) is 0.116. The summed E-state index contributed by atoms with van der Waals surface area (Å²) in [6.45, 7) is 31.8. The molecule has 0 aromatic carbocycles. The number of nitrogens with one attached hydrogen (secondary N) is 1. The Balaban J connectivity index is 4.13. The van der Waals surface area contributed by atoms with Crippen LogP contribution >= 0.6 is 0 Å². The molecule has 0 aliphatic rings. The van der Waals surface area contributed by atoms with Crippen molar-refractivity contribution in [3.05, 3.63) is 0 Å². The van der Waals surface area contributed by atoms with Crippen LogP contribution in [0.15, 0.2) is 0 Å². The maximum atomic E-state index is 12.4. The predicted octanol–water partition coefficient (Wildman–Crippen LogP) is 12.5. The Morgan fingerprint density at radius 2 is 0.925 bits per heavy atom. The minimum atomic E-state index is 0.176. The van der Waals surface area contributed by atoms with Crippen LogP contribution in [0.5, 0.6) is 0 Å². The van der Waals surface area contributed by atoms with Crippen LogP contribution in [0.1, 0.15) is 199 Å². The van der Waals surface area contributed by atoms with Crippen LogP contribution in [-0.2, 0) is 4.79 Å². The van der Waals surface area contributed by atoms with Crippen LogP contribution in [0, 0.1) is 33.0 Å². The van der Waals surface area contributed by atoms with Gasteiger partial charge in [-0.05, 0) is 84.4 Å². The van der Waals surface area contributed by atoms with Gasteiger partial charge in [-0.25, -0.2) is 0 Å². The van der Waals surface area contributed by atoms with Crippen molar-refractivity contribution in [2.24, 2.45) is 33.0 Å². The van der Waals surface area contributed by atoms with Crippen LogP contribution in [0.2, 0.25) is 0 Å². The van der Waals surface area contributed by atoms with Crippen molar-refractivity contribution in [1.82, 2.24) is 5.32 Å². The van der Waals surface area contributed by atoms with E-state index in [1.807, 2.05) is 0 Å². The number of unbranched alkanes of at least 4 members (excludes halogenated alkanes) is 6. The summed E-state index contributed by atoms with van der Waals surface area (Å²) in [5, 5.41) is 3.20. The van der Waals surface area contributed by atoms with E-state index in [0.717, 1.165) is 25.8 Å². The predicted molar refractivity (Wildman–Crippen MR) is 181 cm³/mol. The van der Waals surface area contributed by atoms with E-state index in [-0.39, 0.29) is 11.3 Å². The van der Waals surface area contributed by atoms with Crippen molar-refractivity contribution in [2.45, 2.75) is 199 Å². The molecule has 0 aromatic heterocycles. The Labute approximate surface area is 254 Å². The molecule has 240 valence electrons. The summed E-state index contributed by atoms with van der Waals surface area (Å²) >= 11 is 0. The molecule has 0 unspecified atom stereocenters. The van der Waals surface area contributed by atoms with Gasteiger partial charge in [0.05, 0.1) is 0 Å². The summed E-state index contributed by atoms with van der Waals surface area (Å²) in [5.74, 6) is 0.891. The summed E-state index contributed by atoms with van der Waals surface area (Å²) in [4.78, 5) is 12.4. The van der Waals surface area contributed by atoms with E-state index in [1.54, 1.807) is 0 Å². The fourth-order valence-electron chi connectivity index (χ4n) is 7.85. The Kier molecular flexibility index (Phi) is 18.0. The van der Waals surface area contributed by atoms with E-state index in [4.69, 9.17) is 0 Å². The molecule has 0 rings (SSSR count). The highest BCUT2D eigenvalue weighted by Gasteiger charge is 2.29. The van der Waals surface area contributed by atoms with Crippen LogP contribution in [-0.4, -0.2) is 12.5 Å².